The molecule has 3 N–H and O–H groups in total. The van der Waals surface area contributed by atoms with Gasteiger partial charge in [0, 0.05) is 5.56 Å². The summed E-state index contributed by atoms with van der Waals surface area (Å²) in [6, 6.07) is 9.76. The van der Waals surface area contributed by atoms with Crippen molar-refractivity contribution in [2.75, 3.05) is 32.8 Å². The van der Waals surface area contributed by atoms with E-state index in [9.17, 15) is 4.79 Å². The Morgan fingerprint density at radius 2 is 1.83 bits per heavy atom. The van der Waals surface area contributed by atoms with E-state index in [1.807, 2.05) is 30.3 Å². The molecule has 1 aliphatic carbocycles. The van der Waals surface area contributed by atoms with Crippen molar-refractivity contribution in [1.29, 1.82) is 0 Å². The molecular weight excluding hydrogens is 347 g/mol. The van der Waals surface area contributed by atoms with E-state index in [-0.39, 0.29) is 36.8 Å². The molecule has 24 heavy (non-hydrogen) atoms. The topological polar surface area (TPSA) is 47.4 Å². The molecule has 0 heterocycles. The number of carbonyl (C=O) groups excluding carboxylic acids is 1. The Morgan fingerprint density at radius 1 is 1.21 bits per heavy atom. The summed E-state index contributed by atoms with van der Waals surface area (Å²) in [4.78, 5) is 14.0. The number of halogens is 2. The highest BCUT2D eigenvalue weighted by molar-refractivity contribution is 5.75. The molecule has 1 fully saturated rings. The van der Waals surface area contributed by atoms with Gasteiger partial charge in [0.1, 0.15) is 13.1 Å². The first-order valence-electron chi connectivity index (χ1n) is 8.63. The molecule has 0 aliphatic heterocycles. The number of carbonyl (C=O) groups is 1. The summed E-state index contributed by atoms with van der Waals surface area (Å²) in [6.45, 7) is 9.28. The standard InChI is InChI=1S/C18H28N2O2.2ClH/c1-3-20(4-2)13-12-19-17(16-8-6-5-7-9-16)18(21)22-14-15-10-11-15;;/h5-9,15,17,19H,3-4,10-14H2,1-2H3;2*1H. The molecule has 0 saturated heterocycles. The largest absolute Gasteiger partial charge is 1.00 e. The van der Waals surface area contributed by atoms with Crippen LogP contribution in [-0.4, -0.2) is 38.8 Å². The number of hydrogen-bond acceptors (Lipinski definition) is 2. The van der Waals surface area contributed by atoms with Crippen molar-refractivity contribution in [1.82, 2.24) is 0 Å². The average molecular weight is 377 g/mol. The fourth-order valence-electron chi connectivity index (χ4n) is 2.66. The van der Waals surface area contributed by atoms with Crippen LogP contribution in [0.15, 0.2) is 30.3 Å². The fraction of sp³-hybridized carbons (Fsp3) is 0.611. The van der Waals surface area contributed by atoms with Crippen LogP contribution in [0.4, 0.5) is 0 Å². The Hall–Kier alpha value is -0.810. The third-order valence-corrected chi connectivity index (χ3v) is 4.47. The summed E-state index contributed by atoms with van der Waals surface area (Å²) < 4.78 is 5.52. The quantitative estimate of drug-likeness (QED) is 0.399. The number of rotatable bonds is 10. The molecule has 6 heteroatoms. The second kappa shape index (κ2) is 12.5. The van der Waals surface area contributed by atoms with E-state index < -0.39 is 0 Å². The lowest BCUT2D eigenvalue weighted by Crippen LogP contribution is -3.14. The van der Waals surface area contributed by atoms with Crippen molar-refractivity contribution in [3.05, 3.63) is 35.9 Å². The highest BCUT2D eigenvalue weighted by atomic mass is 35.5. The number of nitrogens with one attached hydrogen (secondary N) is 1. The van der Waals surface area contributed by atoms with Crippen LogP contribution >= 0.6 is 0 Å². The molecule has 4 nitrogen and oxygen atoms in total. The number of esters is 1. The van der Waals surface area contributed by atoms with Crippen LogP contribution in [0.2, 0.25) is 0 Å². The predicted octanol–water partition coefficient (Wildman–Crippen LogP) is -5.82. The molecule has 0 bridgehead atoms. The molecule has 1 aromatic rings. The number of ether oxygens (including phenoxy) is 1. The molecule has 1 saturated carbocycles. The Bertz CT molecular complexity index is 452. The molecule has 1 atom stereocenters. The van der Waals surface area contributed by atoms with Gasteiger partial charge in [0.05, 0.1) is 19.7 Å². The van der Waals surface area contributed by atoms with Crippen molar-refractivity contribution < 1.29 is 44.6 Å². The van der Waals surface area contributed by atoms with Crippen molar-refractivity contribution in [3.8, 4) is 0 Å². The molecule has 1 unspecified atom stereocenters. The summed E-state index contributed by atoms with van der Waals surface area (Å²) in [7, 11) is 0. The highest BCUT2D eigenvalue weighted by Crippen LogP contribution is 2.29. The van der Waals surface area contributed by atoms with Gasteiger partial charge in [-0.2, -0.15) is 0 Å². The third kappa shape index (κ3) is 7.84. The lowest BCUT2D eigenvalue weighted by molar-refractivity contribution is -0.910. The minimum atomic E-state index is -0.227. The summed E-state index contributed by atoms with van der Waals surface area (Å²) in [5.41, 5.74) is 1.04. The zero-order valence-electron chi connectivity index (χ0n) is 14.6. The SMILES string of the molecule is CC[NH+](CC)CC[NH2+]C(C(=O)OCC1CC1)c1ccccc1.[Cl-].[Cl-]. The van der Waals surface area contributed by atoms with Gasteiger partial charge >= 0.3 is 5.97 Å². The lowest BCUT2D eigenvalue weighted by atomic mass is 10.1. The van der Waals surface area contributed by atoms with Crippen LogP contribution in [0.5, 0.6) is 0 Å². The monoisotopic (exact) mass is 376 g/mol. The van der Waals surface area contributed by atoms with E-state index in [1.165, 1.54) is 12.8 Å². The number of likely N-dealkylation sites (N-methyl/N-ethyl adjacent to an activating group) is 1. The summed E-state index contributed by atoms with van der Waals surface area (Å²) in [6.07, 6.45) is 2.41. The van der Waals surface area contributed by atoms with Crippen LogP contribution in [0, 0.1) is 5.92 Å². The molecule has 1 aromatic carbocycles. The summed E-state index contributed by atoms with van der Waals surface area (Å²) in [5.74, 6) is 0.521. The number of benzene rings is 1. The Labute approximate surface area is 158 Å². The van der Waals surface area contributed by atoms with Crippen molar-refractivity contribution in [2.45, 2.75) is 32.7 Å². The molecule has 1 aliphatic rings. The van der Waals surface area contributed by atoms with Crippen molar-refractivity contribution >= 4 is 5.97 Å². The average Bonchev–Trinajstić information content (AvgIpc) is 3.38. The first kappa shape index (κ1) is 23.2. The number of quaternary nitrogens is 2. The highest BCUT2D eigenvalue weighted by Gasteiger charge is 2.29. The first-order chi connectivity index (χ1) is 10.7. The van der Waals surface area contributed by atoms with Gasteiger partial charge in [0.2, 0.25) is 6.04 Å². The maximum atomic E-state index is 12.4. The molecule has 0 radical (unpaired) electrons. The van der Waals surface area contributed by atoms with Gasteiger partial charge in [-0.1, -0.05) is 30.3 Å². The van der Waals surface area contributed by atoms with E-state index in [0.717, 1.165) is 31.7 Å². The number of hydrogen-bond donors (Lipinski definition) is 2. The Morgan fingerprint density at radius 3 is 2.38 bits per heavy atom. The van der Waals surface area contributed by atoms with Crippen molar-refractivity contribution in [3.63, 3.8) is 0 Å². The predicted molar refractivity (Wildman–Crippen MR) is 86.6 cm³/mol. The molecule has 0 aromatic heterocycles. The summed E-state index contributed by atoms with van der Waals surface area (Å²) >= 11 is 0. The van der Waals surface area contributed by atoms with Gasteiger partial charge in [-0.25, -0.2) is 4.79 Å². The molecule has 138 valence electrons. The minimum Gasteiger partial charge on any atom is -1.00 e. The van der Waals surface area contributed by atoms with Gasteiger partial charge in [-0.3, -0.25) is 0 Å². The van der Waals surface area contributed by atoms with Crippen molar-refractivity contribution in [2.24, 2.45) is 5.92 Å². The van der Waals surface area contributed by atoms with Gasteiger partial charge in [0.15, 0.2) is 0 Å². The fourth-order valence-corrected chi connectivity index (χ4v) is 2.66. The van der Waals surface area contributed by atoms with E-state index in [1.54, 1.807) is 4.90 Å². The van der Waals surface area contributed by atoms with Gasteiger partial charge in [0.25, 0.3) is 0 Å². The second-order valence-electron chi connectivity index (χ2n) is 6.19. The number of nitrogens with two attached hydrogens (primary N) is 1. The molecular formula is C18H30Cl2N2O2. The first-order valence-corrected chi connectivity index (χ1v) is 8.63. The molecule has 0 spiro atoms. The van der Waals surface area contributed by atoms with Crippen LogP contribution < -0.4 is 35.0 Å². The Kier molecular flexibility index (Phi) is 12.1. The van der Waals surface area contributed by atoms with E-state index in [0.29, 0.717) is 12.5 Å². The van der Waals surface area contributed by atoms with Crippen LogP contribution in [0.1, 0.15) is 38.3 Å². The van der Waals surface area contributed by atoms with Gasteiger partial charge in [-0.15, -0.1) is 0 Å². The third-order valence-electron chi connectivity index (χ3n) is 4.47. The van der Waals surface area contributed by atoms with Crippen LogP contribution in [0.3, 0.4) is 0 Å². The zero-order valence-corrected chi connectivity index (χ0v) is 16.2. The maximum Gasteiger partial charge on any atom is 0.369 e. The lowest BCUT2D eigenvalue weighted by Gasteiger charge is -2.18. The van der Waals surface area contributed by atoms with Gasteiger partial charge < -0.3 is 39.8 Å². The van der Waals surface area contributed by atoms with E-state index >= 15 is 0 Å². The minimum absolute atomic E-state index is 0. The maximum absolute atomic E-state index is 12.4. The van der Waals surface area contributed by atoms with E-state index in [2.05, 4.69) is 19.2 Å². The van der Waals surface area contributed by atoms with Gasteiger partial charge in [-0.05, 0) is 32.6 Å². The second-order valence-corrected chi connectivity index (χ2v) is 6.19. The molecule has 2 rings (SSSR count). The van der Waals surface area contributed by atoms with Crippen LogP contribution in [-0.2, 0) is 9.53 Å². The van der Waals surface area contributed by atoms with E-state index in [4.69, 9.17) is 4.74 Å². The Balaban J connectivity index is 0.00000264. The zero-order chi connectivity index (χ0) is 15.8. The van der Waals surface area contributed by atoms with Crippen LogP contribution in [0.25, 0.3) is 0 Å². The molecule has 0 amide bonds. The summed E-state index contributed by atoms with van der Waals surface area (Å²) in [5, 5.41) is 2.13. The smallest absolute Gasteiger partial charge is 0.369 e. The normalized spacial score (nSPS) is 14.5.